The molecule has 1 aromatic heterocycles. The van der Waals surface area contributed by atoms with Gasteiger partial charge in [-0.3, -0.25) is 10.1 Å². The van der Waals surface area contributed by atoms with Gasteiger partial charge in [-0.2, -0.15) is 0 Å². The highest BCUT2D eigenvalue weighted by Gasteiger charge is 2.07. The Kier molecular flexibility index (Phi) is 7.35. The highest BCUT2D eigenvalue weighted by molar-refractivity contribution is 7.15. The molecular weight excluding hydrogens is 386 g/mol. The molecular formula is C22H23N3O3S. The molecule has 0 saturated heterocycles. The lowest BCUT2D eigenvalue weighted by atomic mass is 10.2. The standard InChI is InChI=1S/C22H23N3O3S/c1-3-16-7-10-18(11-8-16)28-14-13-21-24-25-22(29-21)23-20(26)12-9-17-5-4-6-19(15-17)27-2/h4-12,15H,3,13-14H2,1-2H3,(H,23,25,26)/b12-9+. The molecule has 0 aliphatic rings. The van der Waals surface area contributed by atoms with Gasteiger partial charge >= 0.3 is 0 Å². The molecule has 0 aliphatic carbocycles. The van der Waals surface area contributed by atoms with Gasteiger partial charge in [-0.05, 0) is 47.9 Å². The smallest absolute Gasteiger partial charge is 0.250 e. The van der Waals surface area contributed by atoms with Crippen LogP contribution in [0.5, 0.6) is 11.5 Å². The number of hydrogen-bond acceptors (Lipinski definition) is 6. The number of nitrogens with one attached hydrogen (secondary N) is 1. The number of aromatic nitrogens is 2. The zero-order chi connectivity index (χ0) is 20.5. The average Bonchev–Trinajstić information content (AvgIpc) is 3.20. The molecule has 0 saturated carbocycles. The van der Waals surface area contributed by atoms with Crippen molar-refractivity contribution in [3.63, 3.8) is 0 Å². The van der Waals surface area contributed by atoms with E-state index in [4.69, 9.17) is 9.47 Å². The quantitative estimate of drug-likeness (QED) is 0.531. The van der Waals surface area contributed by atoms with Gasteiger partial charge in [-0.1, -0.05) is 42.5 Å². The van der Waals surface area contributed by atoms with Gasteiger partial charge in [0.1, 0.15) is 16.5 Å². The zero-order valence-corrected chi connectivity index (χ0v) is 17.2. The lowest BCUT2D eigenvalue weighted by molar-refractivity contribution is -0.111. The number of amides is 1. The average molecular weight is 410 g/mol. The second kappa shape index (κ2) is 10.4. The predicted octanol–water partition coefficient (Wildman–Crippen LogP) is 4.38. The van der Waals surface area contributed by atoms with Crippen LogP contribution in [-0.2, 0) is 17.6 Å². The first-order valence-electron chi connectivity index (χ1n) is 9.33. The summed E-state index contributed by atoms with van der Waals surface area (Å²) in [7, 11) is 1.61. The van der Waals surface area contributed by atoms with Crippen molar-refractivity contribution in [3.05, 3.63) is 70.7 Å². The molecule has 0 atom stereocenters. The molecule has 0 spiro atoms. The third kappa shape index (κ3) is 6.43. The summed E-state index contributed by atoms with van der Waals surface area (Å²) in [5.74, 6) is 1.32. The first kappa shape index (κ1) is 20.5. The molecule has 1 heterocycles. The van der Waals surface area contributed by atoms with E-state index in [1.54, 1.807) is 13.2 Å². The number of hydrogen-bond donors (Lipinski definition) is 1. The number of methoxy groups -OCH3 is 1. The Balaban J connectivity index is 1.46. The molecule has 0 bridgehead atoms. The van der Waals surface area contributed by atoms with Gasteiger partial charge in [0.25, 0.3) is 0 Å². The topological polar surface area (TPSA) is 73.3 Å². The first-order chi connectivity index (χ1) is 14.2. The number of nitrogens with zero attached hydrogens (tertiary/aromatic N) is 2. The number of ether oxygens (including phenoxy) is 2. The maximum Gasteiger partial charge on any atom is 0.250 e. The van der Waals surface area contributed by atoms with Gasteiger partial charge in [-0.25, -0.2) is 0 Å². The molecule has 0 fully saturated rings. The SMILES string of the molecule is CCc1ccc(OCCc2nnc(NC(=O)/C=C/c3cccc(OC)c3)s2)cc1. The predicted molar refractivity (Wildman–Crippen MR) is 116 cm³/mol. The van der Waals surface area contributed by atoms with Crippen molar-refractivity contribution < 1.29 is 14.3 Å². The summed E-state index contributed by atoms with van der Waals surface area (Å²) in [6.45, 7) is 2.63. The molecule has 0 radical (unpaired) electrons. The monoisotopic (exact) mass is 409 g/mol. The summed E-state index contributed by atoms with van der Waals surface area (Å²) in [5, 5.41) is 12.1. The van der Waals surface area contributed by atoms with Crippen LogP contribution >= 0.6 is 11.3 Å². The van der Waals surface area contributed by atoms with Gasteiger partial charge in [0.2, 0.25) is 11.0 Å². The molecule has 150 valence electrons. The van der Waals surface area contributed by atoms with E-state index in [0.717, 1.165) is 28.5 Å². The van der Waals surface area contributed by atoms with Crippen LogP contribution < -0.4 is 14.8 Å². The molecule has 0 aliphatic heterocycles. The van der Waals surface area contributed by atoms with E-state index in [2.05, 4.69) is 34.6 Å². The van der Waals surface area contributed by atoms with Crippen molar-refractivity contribution in [2.24, 2.45) is 0 Å². The first-order valence-corrected chi connectivity index (χ1v) is 10.1. The van der Waals surface area contributed by atoms with E-state index in [1.807, 2.05) is 36.4 Å². The largest absolute Gasteiger partial charge is 0.497 e. The fraction of sp³-hybridized carbons (Fsp3) is 0.227. The molecule has 3 aromatic rings. The van der Waals surface area contributed by atoms with Crippen LogP contribution in [0.4, 0.5) is 5.13 Å². The van der Waals surface area contributed by atoms with E-state index in [1.165, 1.54) is 23.0 Å². The molecule has 29 heavy (non-hydrogen) atoms. The van der Waals surface area contributed by atoms with Gasteiger partial charge < -0.3 is 9.47 Å². The highest BCUT2D eigenvalue weighted by atomic mass is 32.1. The van der Waals surface area contributed by atoms with Gasteiger partial charge in [0.05, 0.1) is 13.7 Å². The lowest BCUT2D eigenvalue weighted by Crippen LogP contribution is -2.07. The number of carbonyl (C=O) groups is 1. The fourth-order valence-corrected chi connectivity index (χ4v) is 3.27. The molecule has 2 aromatic carbocycles. The Morgan fingerprint density at radius 1 is 1.14 bits per heavy atom. The molecule has 3 rings (SSSR count). The third-order valence-electron chi connectivity index (χ3n) is 4.13. The van der Waals surface area contributed by atoms with Crippen LogP contribution in [-0.4, -0.2) is 29.8 Å². The summed E-state index contributed by atoms with van der Waals surface area (Å²) >= 11 is 1.34. The number of rotatable bonds is 9. The number of aryl methyl sites for hydroxylation is 1. The Morgan fingerprint density at radius 2 is 1.97 bits per heavy atom. The second-order valence-corrected chi connectivity index (χ2v) is 7.26. The van der Waals surface area contributed by atoms with Crippen LogP contribution in [0.15, 0.2) is 54.6 Å². The fourth-order valence-electron chi connectivity index (χ4n) is 2.55. The van der Waals surface area contributed by atoms with E-state index < -0.39 is 0 Å². The van der Waals surface area contributed by atoms with Crippen molar-refractivity contribution in [1.29, 1.82) is 0 Å². The summed E-state index contributed by atoms with van der Waals surface area (Å²) in [6.07, 6.45) is 4.81. The van der Waals surface area contributed by atoms with Crippen LogP contribution in [0.2, 0.25) is 0 Å². The van der Waals surface area contributed by atoms with Crippen molar-refractivity contribution in [2.75, 3.05) is 19.0 Å². The van der Waals surface area contributed by atoms with Crippen LogP contribution in [0.3, 0.4) is 0 Å². The minimum atomic E-state index is -0.261. The Bertz CT molecular complexity index is 967. The second-order valence-electron chi connectivity index (χ2n) is 6.20. The maximum atomic E-state index is 12.1. The van der Waals surface area contributed by atoms with E-state index in [-0.39, 0.29) is 5.91 Å². The van der Waals surface area contributed by atoms with Gasteiger partial charge in [0, 0.05) is 12.5 Å². The summed E-state index contributed by atoms with van der Waals surface area (Å²) in [4.78, 5) is 12.1. The molecule has 7 heteroatoms. The lowest BCUT2D eigenvalue weighted by Gasteiger charge is -2.05. The van der Waals surface area contributed by atoms with Crippen molar-refractivity contribution in [1.82, 2.24) is 10.2 Å². The minimum Gasteiger partial charge on any atom is -0.497 e. The van der Waals surface area contributed by atoms with Crippen molar-refractivity contribution in [2.45, 2.75) is 19.8 Å². The normalized spacial score (nSPS) is 10.8. The third-order valence-corrected chi connectivity index (χ3v) is 5.03. The minimum absolute atomic E-state index is 0.261. The van der Waals surface area contributed by atoms with Crippen molar-refractivity contribution in [3.8, 4) is 11.5 Å². The van der Waals surface area contributed by atoms with Crippen LogP contribution in [0, 0.1) is 0 Å². The molecule has 1 N–H and O–H groups in total. The van der Waals surface area contributed by atoms with Crippen molar-refractivity contribution >= 4 is 28.5 Å². The Labute approximate surface area is 174 Å². The van der Waals surface area contributed by atoms with Crippen LogP contribution in [0.1, 0.15) is 23.1 Å². The molecule has 0 unspecified atom stereocenters. The van der Waals surface area contributed by atoms with Crippen LogP contribution in [0.25, 0.3) is 6.08 Å². The summed E-state index contributed by atoms with van der Waals surface area (Å²) in [6, 6.07) is 15.5. The number of anilines is 1. The summed E-state index contributed by atoms with van der Waals surface area (Å²) < 4.78 is 10.9. The van der Waals surface area contributed by atoms with Gasteiger partial charge in [0.15, 0.2) is 0 Å². The highest BCUT2D eigenvalue weighted by Crippen LogP contribution is 2.18. The van der Waals surface area contributed by atoms with E-state index in [0.29, 0.717) is 18.2 Å². The number of benzene rings is 2. The maximum absolute atomic E-state index is 12.1. The Morgan fingerprint density at radius 3 is 2.72 bits per heavy atom. The van der Waals surface area contributed by atoms with E-state index in [9.17, 15) is 4.79 Å². The zero-order valence-electron chi connectivity index (χ0n) is 16.4. The Hall–Kier alpha value is -3.19. The molecule has 1 amide bonds. The summed E-state index contributed by atoms with van der Waals surface area (Å²) in [5.41, 5.74) is 2.16. The van der Waals surface area contributed by atoms with E-state index >= 15 is 0 Å². The van der Waals surface area contributed by atoms with Gasteiger partial charge in [-0.15, -0.1) is 10.2 Å². The molecule has 6 nitrogen and oxygen atoms in total. The number of carbonyl (C=O) groups excluding carboxylic acids is 1.